The van der Waals surface area contributed by atoms with E-state index in [2.05, 4.69) is 15.2 Å². The molecule has 1 N–H and O–H groups in total. The summed E-state index contributed by atoms with van der Waals surface area (Å²) < 4.78 is 5.25. The third-order valence-corrected chi connectivity index (χ3v) is 4.82. The van der Waals surface area contributed by atoms with Crippen molar-refractivity contribution in [1.82, 2.24) is 15.2 Å². The topological polar surface area (TPSA) is 93.9 Å². The molecular weight excluding hydrogens is 336 g/mol. The number of benzene rings is 1. The van der Waals surface area contributed by atoms with Gasteiger partial charge in [0, 0.05) is 23.4 Å². The molecule has 0 fully saturated rings. The number of non-ortho nitro benzene ring substituents is 1. The molecule has 0 aliphatic rings. The number of hydrogen-bond acceptors (Lipinski definition) is 7. The van der Waals surface area contributed by atoms with Gasteiger partial charge in [-0.05, 0) is 17.5 Å². The Morgan fingerprint density at radius 2 is 2.30 bits per heavy atom. The number of ether oxygens (including phenoxy) is 1. The van der Waals surface area contributed by atoms with Crippen molar-refractivity contribution < 1.29 is 9.66 Å². The third-order valence-electron chi connectivity index (χ3n) is 3.05. The molecule has 0 aliphatic carbocycles. The summed E-state index contributed by atoms with van der Waals surface area (Å²) in [6.07, 6.45) is 0. The fourth-order valence-corrected chi connectivity index (χ4v) is 3.41. The Bertz CT molecular complexity index is 817. The van der Waals surface area contributed by atoms with Gasteiger partial charge in [0.1, 0.15) is 5.75 Å². The van der Waals surface area contributed by atoms with Gasteiger partial charge in [0.15, 0.2) is 5.82 Å². The molecule has 0 saturated carbocycles. The number of methoxy groups -OCH3 is 1. The van der Waals surface area contributed by atoms with Crippen molar-refractivity contribution in [1.29, 1.82) is 0 Å². The van der Waals surface area contributed by atoms with Crippen LogP contribution in [0.25, 0.3) is 10.7 Å². The van der Waals surface area contributed by atoms with Crippen LogP contribution in [0.15, 0.2) is 40.9 Å². The van der Waals surface area contributed by atoms with Gasteiger partial charge in [-0.3, -0.25) is 15.2 Å². The average molecular weight is 348 g/mol. The van der Waals surface area contributed by atoms with E-state index in [1.54, 1.807) is 17.4 Å². The maximum absolute atomic E-state index is 10.9. The molecule has 0 radical (unpaired) electrons. The molecule has 0 aliphatic heterocycles. The highest BCUT2D eigenvalue weighted by Gasteiger charge is 2.13. The summed E-state index contributed by atoms with van der Waals surface area (Å²) >= 11 is 2.97. The standard InChI is InChI=1S/C14H12N4O3S2/c1-21-11-5-4-10(18(19)20)7-9(11)8-23-14-15-13(16-17-14)12-3-2-6-22-12/h2-7H,8H2,1H3,(H,15,16,17). The fourth-order valence-electron chi connectivity index (χ4n) is 1.97. The largest absolute Gasteiger partial charge is 0.496 e. The molecule has 0 amide bonds. The summed E-state index contributed by atoms with van der Waals surface area (Å²) in [6, 6.07) is 8.45. The van der Waals surface area contributed by atoms with Crippen LogP contribution in [-0.2, 0) is 5.75 Å². The fraction of sp³-hybridized carbons (Fsp3) is 0.143. The first kappa shape index (κ1) is 15.5. The van der Waals surface area contributed by atoms with Crippen molar-refractivity contribution in [3.63, 3.8) is 0 Å². The quantitative estimate of drug-likeness (QED) is 0.414. The molecule has 0 atom stereocenters. The predicted molar refractivity (Wildman–Crippen MR) is 88.9 cm³/mol. The molecule has 23 heavy (non-hydrogen) atoms. The normalized spacial score (nSPS) is 10.7. The molecule has 0 unspecified atom stereocenters. The molecule has 0 saturated heterocycles. The van der Waals surface area contributed by atoms with E-state index < -0.39 is 4.92 Å². The van der Waals surface area contributed by atoms with Crippen LogP contribution in [0.3, 0.4) is 0 Å². The summed E-state index contributed by atoms with van der Waals surface area (Å²) in [5.41, 5.74) is 0.768. The molecule has 0 spiro atoms. The van der Waals surface area contributed by atoms with Crippen LogP contribution in [-0.4, -0.2) is 27.2 Å². The van der Waals surface area contributed by atoms with Gasteiger partial charge in [-0.1, -0.05) is 17.8 Å². The highest BCUT2D eigenvalue weighted by Crippen LogP contribution is 2.30. The van der Waals surface area contributed by atoms with E-state index in [-0.39, 0.29) is 5.69 Å². The first-order valence-corrected chi connectivity index (χ1v) is 8.44. The summed E-state index contributed by atoms with van der Waals surface area (Å²) in [5, 5.41) is 20.5. The zero-order valence-electron chi connectivity index (χ0n) is 12.1. The maximum atomic E-state index is 10.9. The van der Waals surface area contributed by atoms with Gasteiger partial charge in [-0.2, -0.15) is 0 Å². The van der Waals surface area contributed by atoms with Gasteiger partial charge in [-0.25, -0.2) is 4.98 Å². The molecule has 3 aromatic rings. The SMILES string of the molecule is COc1ccc([N+](=O)[O-])cc1CSc1n[nH]c(-c2cccs2)n1. The summed E-state index contributed by atoms with van der Waals surface area (Å²) in [6.45, 7) is 0. The molecule has 118 valence electrons. The second-order valence-corrected chi connectivity index (χ2v) is 6.38. The van der Waals surface area contributed by atoms with Gasteiger partial charge in [0.2, 0.25) is 5.16 Å². The molecule has 9 heteroatoms. The number of thiophene rings is 1. The summed E-state index contributed by atoms with van der Waals surface area (Å²) in [7, 11) is 1.54. The van der Waals surface area contributed by atoms with Crippen molar-refractivity contribution >= 4 is 28.8 Å². The zero-order valence-corrected chi connectivity index (χ0v) is 13.7. The van der Waals surface area contributed by atoms with Crippen LogP contribution in [0.2, 0.25) is 0 Å². The Morgan fingerprint density at radius 3 is 3.00 bits per heavy atom. The zero-order chi connectivity index (χ0) is 16.2. The number of nitrogens with zero attached hydrogens (tertiary/aromatic N) is 3. The Kier molecular flexibility index (Phi) is 4.58. The number of thioether (sulfide) groups is 1. The van der Waals surface area contributed by atoms with E-state index in [1.165, 1.54) is 31.0 Å². The van der Waals surface area contributed by atoms with E-state index in [0.717, 1.165) is 10.4 Å². The number of aromatic nitrogens is 3. The minimum Gasteiger partial charge on any atom is -0.496 e. The number of H-pyrrole nitrogens is 1. The minimum absolute atomic E-state index is 0.0376. The number of nitro groups is 1. The number of hydrogen-bond donors (Lipinski definition) is 1. The summed E-state index contributed by atoms with van der Waals surface area (Å²) in [4.78, 5) is 15.9. The lowest BCUT2D eigenvalue weighted by atomic mass is 10.2. The maximum Gasteiger partial charge on any atom is 0.270 e. The van der Waals surface area contributed by atoms with Crippen molar-refractivity contribution in [2.75, 3.05) is 7.11 Å². The number of aromatic amines is 1. The van der Waals surface area contributed by atoms with Crippen molar-refractivity contribution in [2.24, 2.45) is 0 Å². The lowest BCUT2D eigenvalue weighted by Gasteiger charge is -2.06. The lowest BCUT2D eigenvalue weighted by Crippen LogP contribution is -1.94. The van der Waals surface area contributed by atoms with E-state index in [9.17, 15) is 10.1 Å². The van der Waals surface area contributed by atoms with Gasteiger partial charge in [0.05, 0.1) is 16.9 Å². The van der Waals surface area contributed by atoms with E-state index >= 15 is 0 Å². The van der Waals surface area contributed by atoms with Crippen molar-refractivity contribution in [2.45, 2.75) is 10.9 Å². The van der Waals surface area contributed by atoms with Crippen LogP contribution in [0.4, 0.5) is 5.69 Å². The molecule has 2 aromatic heterocycles. The van der Waals surface area contributed by atoms with Crippen LogP contribution in [0.5, 0.6) is 5.75 Å². The van der Waals surface area contributed by atoms with E-state index in [1.807, 2.05) is 17.5 Å². The highest BCUT2D eigenvalue weighted by molar-refractivity contribution is 7.98. The third kappa shape index (κ3) is 3.51. The minimum atomic E-state index is -0.421. The Morgan fingerprint density at radius 1 is 1.43 bits per heavy atom. The Labute approximate surface area is 139 Å². The molecular formula is C14H12N4O3S2. The van der Waals surface area contributed by atoms with E-state index in [0.29, 0.717) is 22.5 Å². The lowest BCUT2D eigenvalue weighted by molar-refractivity contribution is -0.384. The summed E-state index contributed by atoms with van der Waals surface area (Å²) in [5.74, 6) is 1.80. The molecule has 3 rings (SSSR count). The Balaban J connectivity index is 1.75. The van der Waals surface area contributed by atoms with Gasteiger partial charge >= 0.3 is 0 Å². The Hall–Kier alpha value is -2.39. The van der Waals surface area contributed by atoms with Gasteiger partial charge in [0.25, 0.3) is 5.69 Å². The highest BCUT2D eigenvalue weighted by atomic mass is 32.2. The van der Waals surface area contributed by atoms with Crippen molar-refractivity contribution in [3.05, 3.63) is 51.4 Å². The molecule has 0 bridgehead atoms. The van der Waals surface area contributed by atoms with Crippen LogP contribution in [0, 0.1) is 10.1 Å². The first-order valence-electron chi connectivity index (χ1n) is 6.58. The molecule has 1 aromatic carbocycles. The first-order chi connectivity index (χ1) is 11.2. The van der Waals surface area contributed by atoms with Crippen molar-refractivity contribution in [3.8, 4) is 16.5 Å². The second-order valence-electron chi connectivity index (χ2n) is 4.49. The number of rotatable bonds is 6. The van der Waals surface area contributed by atoms with Gasteiger partial charge in [-0.15, -0.1) is 16.4 Å². The predicted octanol–water partition coefficient (Wildman–Crippen LogP) is 3.74. The van der Waals surface area contributed by atoms with Crippen LogP contribution >= 0.6 is 23.1 Å². The number of nitrogens with one attached hydrogen (secondary N) is 1. The van der Waals surface area contributed by atoms with Crippen LogP contribution in [0.1, 0.15) is 5.56 Å². The van der Waals surface area contributed by atoms with Gasteiger partial charge < -0.3 is 4.74 Å². The second kappa shape index (κ2) is 6.80. The molecule has 2 heterocycles. The smallest absolute Gasteiger partial charge is 0.270 e. The molecule has 7 nitrogen and oxygen atoms in total. The van der Waals surface area contributed by atoms with E-state index in [4.69, 9.17) is 4.74 Å². The monoisotopic (exact) mass is 348 g/mol. The number of nitro benzene ring substituents is 1. The average Bonchev–Trinajstić information content (AvgIpc) is 3.23. The van der Waals surface area contributed by atoms with Crippen LogP contribution < -0.4 is 4.74 Å².